The maximum atomic E-state index is 12.2. The summed E-state index contributed by atoms with van der Waals surface area (Å²) in [5.41, 5.74) is 4.13. The van der Waals surface area contributed by atoms with Crippen molar-refractivity contribution in [2.75, 3.05) is 6.61 Å². The minimum atomic E-state index is -1.58. The molecule has 1 atom stereocenters. The third kappa shape index (κ3) is 8.84. The standard InChI is InChI=1S/C18H25NO3Si/c1-5-22-18(21)14-16(11-12-23(2,3)4)19-17(20)13-15-9-7-6-8-10-15/h6-10,16H,5,13-14H2,1-4H3,(H,19,20). The minimum Gasteiger partial charge on any atom is -0.466 e. The van der Waals surface area contributed by atoms with Gasteiger partial charge >= 0.3 is 5.97 Å². The van der Waals surface area contributed by atoms with Crippen molar-refractivity contribution in [1.82, 2.24) is 5.32 Å². The molecule has 23 heavy (non-hydrogen) atoms. The van der Waals surface area contributed by atoms with Gasteiger partial charge in [0.25, 0.3) is 0 Å². The number of nitrogens with one attached hydrogen (secondary N) is 1. The number of carbonyl (C=O) groups excluding carboxylic acids is 2. The molecule has 0 aromatic heterocycles. The number of hydrogen-bond acceptors (Lipinski definition) is 3. The summed E-state index contributed by atoms with van der Waals surface area (Å²) in [6, 6.07) is 8.98. The lowest BCUT2D eigenvalue weighted by atomic mass is 10.1. The zero-order valence-electron chi connectivity index (χ0n) is 14.3. The van der Waals surface area contributed by atoms with E-state index in [4.69, 9.17) is 4.74 Å². The third-order valence-electron chi connectivity index (χ3n) is 2.84. The van der Waals surface area contributed by atoms with E-state index in [1.54, 1.807) is 6.92 Å². The van der Waals surface area contributed by atoms with Gasteiger partial charge in [0.15, 0.2) is 0 Å². The van der Waals surface area contributed by atoms with Gasteiger partial charge in [-0.25, -0.2) is 0 Å². The first-order valence-electron chi connectivity index (χ1n) is 7.82. The van der Waals surface area contributed by atoms with Crippen molar-refractivity contribution in [3.05, 3.63) is 35.9 Å². The fraction of sp³-hybridized carbons (Fsp3) is 0.444. The molecule has 1 rings (SSSR count). The second-order valence-corrected chi connectivity index (χ2v) is 11.1. The molecule has 0 heterocycles. The van der Waals surface area contributed by atoms with Gasteiger partial charge in [-0.1, -0.05) is 55.9 Å². The van der Waals surface area contributed by atoms with E-state index in [2.05, 4.69) is 36.4 Å². The van der Waals surface area contributed by atoms with Crippen LogP contribution in [-0.4, -0.2) is 32.6 Å². The maximum Gasteiger partial charge on any atom is 0.308 e. The summed E-state index contributed by atoms with van der Waals surface area (Å²) in [7, 11) is -1.58. The largest absolute Gasteiger partial charge is 0.466 e. The van der Waals surface area contributed by atoms with E-state index in [0.29, 0.717) is 6.61 Å². The van der Waals surface area contributed by atoms with Crippen molar-refractivity contribution >= 4 is 20.0 Å². The van der Waals surface area contributed by atoms with Crippen LogP contribution in [0.1, 0.15) is 18.9 Å². The van der Waals surface area contributed by atoms with Crippen LogP contribution in [0.2, 0.25) is 19.6 Å². The average Bonchev–Trinajstić information content (AvgIpc) is 2.45. The van der Waals surface area contributed by atoms with Gasteiger partial charge in [0.2, 0.25) is 5.91 Å². The first-order chi connectivity index (χ1) is 10.8. The van der Waals surface area contributed by atoms with E-state index in [1.165, 1.54) is 0 Å². The van der Waals surface area contributed by atoms with E-state index in [0.717, 1.165) is 5.56 Å². The molecule has 0 spiro atoms. The Morgan fingerprint density at radius 2 is 1.87 bits per heavy atom. The first-order valence-corrected chi connectivity index (χ1v) is 11.3. The number of ether oxygens (including phenoxy) is 1. The van der Waals surface area contributed by atoms with E-state index < -0.39 is 14.1 Å². The van der Waals surface area contributed by atoms with Gasteiger partial charge in [-0.3, -0.25) is 9.59 Å². The molecule has 1 N–H and O–H groups in total. The van der Waals surface area contributed by atoms with Gasteiger partial charge < -0.3 is 10.1 Å². The Morgan fingerprint density at radius 3 is 2.43 bits per heavy atom. The number of esters is 1. The predicted molar refractivity (Wildman–Crippen MR) is 94.4 cm³/mol. The van der Waals surface area contributed by atoms with Crippen molar-refractivity contribution in [1.29, 1.82) is 0 Å². The molecule has 4 nitrogen and oxygen atoms in total. The summed E-state index contributed by atoms with van der Waals surface area (Å²) in [5.74, 6) is 2.56. The zero-order chi connectivity index (χ0) is 17.3. The summed E-state index contributed by atoms with van der Waals surface area (Å²) in [5, 5.41) is 2.84. The fourth-order valence-corrected chi connectivity index (χ4v) is 2.46. The van der Waals surface area contributed by atoms with Crippen LogP contribution < -0.4 is 5.32 Å². The van der Waals surface area contributed by atoms with Gasteiger partial charge in [-0.05, 0) is 12.5 Å². The highest BCUT2D eigenvalue weighted by Gasteiger charge is 2.17. The number of hydrogen-bond donors (Lipinski definition) is 1. The Hall–Kier alpha value is -2.06. The number of carbonyl (C=O) groups is 2. The molecule has 0 bridgehead atoms. The second kappa shape index (κ2) is 9.16. The summed E-state index contributed by atoms with van der Waals surface area (Å²) in [6.07, 6.45) is 0.348. The molecule has 0 aliphatic heterocycles. The van der Waals surface area contributed by atoms with Crippen LogP contribution in [0.25, 0.3) is 0 Å². The van der Waals surface area contributed by atoms with Crippen molar-refractivity contribution in [2.45, 2.75) is 45.4 Å². The minimum absolute atomic E-state index is 0.0752. The molecule has 0 aliphatic carbocycles. The third-order valence-corrected chi connectivity index (χ3v) is 3.73. The summed E-state index contributed by atoms with van der Waals surface area (Å²) >= 11 is 0. The summed E-state index contributed by atoms with van der Waals surface area (Å²) in [6.45, 7) is 8.44. The SMILES string of the molecule is CCOC(=O)CC(C#C[Si](C)(C)C)NC(=O)Cc1ccccc1. The molecule has 1 aromatic carbocycles. The van der Waals surface area contributed by atoms with E-state index >= 15 is 0 Å². The highest BCUT2D eigenvalue weighted by Crippen LogP contribution is 2.02. The van der Waals surface area contributed by atoms with Crippen molar-refractivity contribution < 1.29 is 14.3 Å². The molecule has 0 radical (unpaired) electrons. The molecule has 1 amide bonds. The van der Waals surface area contributed by atoms with Crippen LogP contribution in [-0.2, 0) is 20.7 Å². The molecule has 1 aromatic rings. The van der Waals surface area contributed by atoms with E-state index in [1.807, 2.05) is 30.3 Å². The number of rotatable bonds is 6. The molecule has 1 unspecified atom stereocenters. The smallest absolute Gasteiger partial charge is 0.308 e. The van der Waals surface area contributed by atoms with Crippen LogP contribution in [0.15, 0.2) is 30.3 Å². The Kier molecular flexibility index (Phi) is 7.56. The van der Waals surface area contributed by atoms with Crippen molar-refractivity contribution in [3.63, 3.8) is 0 Å². The summed E-state index contributed by atoms with van der Waals surface area (Å²) in [4.78, 5) is 23.9. The molecule has 5 heteroatoms. The van der Waals surface area contributed by atoms with E-state index in [-0.39, 0.29) is 24.7 Å². The fourth-order valence-electron chi connectivity index (χ4n) is 1.85. The average molecular weight is 331 g/mol. The molecule has 0 aliphatic rings. The van der Waals surface area contributed by atoms with Gasteiger partial charge in [0, 0.05) is 0 Å². The van der Waals surface area contributed by atoms with Crippen molar-refractivity contribution in [2.24, 2.45) is 0 Å². The van der Waals surface area contributed by atoms with Crippen molar-refractivity contribution in [3.8, 4) is 11.5 Å². The number of amides is 1. The van der Waals surface area contributed by atoms with Gasteiger partial charge in [0.05, 0.1) is 19.4 Å². The summed E-state index contributed by atoms with van der Waals surface area (Å²) < 4.78 is 4.96. The lowest BCUT2D eigenvalue weighted by molar-refractivity contribution is -0.143. The van der Waals surface area contributed by atoms with E-state index in [9.17, 15) is 9.59 Å². The molecule has 0 saturated carbocycles. The molecule has 0 fully saturated rings. The highest BCUT2D eigenvalue weighted by atomic mass is 28.3. The van der Waals surface area contributed by atoms with Gasteiger partial charge in [0.1, 0.15) is 14.1 Å². The highest BCUT2D eigenvalue weighted by molar-refractivity contribution is 6.83. The lowest BCUT2D eigenvalue weighted by Crippen LogP contribution is -2.37. The maximum absolute atomic E-state index is 12.2. The Labute approximate surface area is 139 Å². The lowest BCUT2D eigenvalue weighted by Gasteiger charge is -2.14. The Morgan fingerprint density at radius 1 is 1.22 bits per heavy atom. The molecular weight excluding hydrogens is 306 g/mol. The normalized spacial score (nSPS) is 11.8. The topological polar surface area (TPSA) is 55.4 Å². The van der Waals surface area contributed by atoms with Gasteiger partial charge in [-0.15, -0.1) is 5.54 Å². The molecular formula is C18H25NO3Si. The van der Waals surface area contributed by atoms with Gasteiger partial charge in [-0.2, -0.15) is 0 Å². The molecule has 124 valence electrons. The predicted octanol–water partition coefficient (Wildman–Crippen LogP) is 2.55. The quantitative estimate of drug-likeness (QED) is 0.495. The second-order valence-electron chi connectivity index (χ2n) is 6.31. The zero-order valence-corrected chi connectivity index (χ0v) is 15.3. The molecule has 0 saturated heterocycles. The number of benzene rings is 1. The van der Waals surface area contributed by atoms with Crippen LogP contribution in [0.5, 0.6) is 0 Å². The Bertz CT molecular complexity index is 582. The van der Waals surface area contributed by atoms with Crippen LogP contribution >= 0.6 is 0 Å². The van der Waals surface area contributed by atoms with Crippen LogP contribution in [0.3, 0.4) is 0 Å². The Balaban J connectivity index is 2.72. The first kappa shape index (κ1) is 19.0. The van der Waals surface area contributed by atoms with Crippen LogP contribution in [0.4, 0.5) is 0 Å². The monoisotopic (exact) mass is 331 g/mol. The van der Waals surface area contributed by atoms with Crippen LogP contribution in [0, 0.1) is 11.5 Å².